The van der Waals surface area contributed by atoms with E-state index in [2.05, 4.69) is 10.6 Å². The molecule has 30 heavy (non-hydrogen) atoms. The Labute approximate surface area is 178 Å². The van der Waals surface area contributed by atoms with E-state index in [1.165, 1.54) is 4.90 Å². The van der Waals surface area contributed by atoms with Crippen molar-refractivity contribution < 1.29 is 19.2 Å². The first-order chi connectivity index (χ1) is 14.4. The minimum Gasteiger partial charge on any atom is -0.356 e. The number of imide groups is 1. The van der Waals surface area contributed by atoms with Crippen LogP contribution in [0.2, 0.25) is 0 Å². The van der Waals surface area contributed by atoms with Crippen molar-refractivity contribution in [3.8, 4) is 0 Å². The third-order valence-electron chi connectivity index (χ3n) is 6.73. The van der Waals surface area contributed by atoms with E-state index in [0.29, 0.717) is 58.5 Å². The molecule has 3 rings (SSSR count). The molecule has 0 aromatic heterocycles. The lowest BCUT2D eigenvalue weighted by Gasteiger charge is -2.34. The zero-order valence-corrected chi connectivity index (χ0v) is 18.2. The topological polar surface area (TPSA) is 102 Å². The van der Waals surface area contributed by atoms with Crippen molar-refractivity contribution in [2.75, 3.05) is 39.3 Å². The third kappa shape index (κ3) is 4.54. The summed E-state index contributed by atoms with van der Waals surface area (Å²) in [5, 5.41) is 5.81. The quantitative estimate of drug-likeness (QED) is 0.481. The summed E-state index contributed by atoms with van der Waals surface area (Å²) < 4.78 is 0. The Bertz CT molecular complexity index is 664. The van der Waals surface area contributed by atoms with E-state index >= 15 is 0 Å². The van der Waals surface area contributed by atoms with E-state index in [1.54, 1.807) is 4.90 Å². The molecule has 0 unspecified atom stereocenters. The highest BCUT2D eigenvalue weighted by Crippen LogP contribution is 2.35. The summed E-state index contributed by atoms with van der Waals surface area (Å²) in [6.45, 7) is 7.26. The average molecular weight is 422 g/mol. The van der Waals surface area contributed by atoms with Crippen molar-refractivity contribution in [3.63, 3.8) is 0 Å². The number of nitrogens with zero attached hydrogens (tertiary/aromatic N) is 3. The molecule has 1 aliphatic carbocycles. The Kier molecular flexibility index (Phi) is 7.20. The lowest BCUT2D eigenvalue weighted by atomic mass is 9.96. The molecule has 0 bridgehead atoms. The fourth-order valence-electron chi connectivity index (χ4n) is 4.82. The van der Waals surface area contributed by atoms with Crippen LogP contribution in [-0.2, 0) is 9.59 Å². The zero-order valence-electron chi connectivity index (χ0n) is 18.2. The van der Waals surface area contributed by atoms with Crippen LogP contribution in [0, 0.1) is 5.92 Å². The maximum atomic E-state index is 12.6. The number of rotatable bonds is 7. The van der Waals surface area contributed by atoms with Crippen molar-refractivity contribution in [3.05, 3.63) is 0 Å². The fourth-order valence-corrected chi connectivity index (χ4v) is 4.82. The van der Waals surface area contributed by atoms with Crippen LogP contribution in [0.4, 0.5) is 9.59 Å². The molecule has 168 valence electrons. The van der Waals surface area contributed by atoms with Crippen LogP contribution in [0.3, 0.4) is 0 Å². The molecule has 2 N–H and O–H groups in total. The minimum atomic E-state index is -0.670. The Hall–Kier alpha value is -2.32. The highest BCUT2D eigenvalue weighted by atomic mass is 16.2. The molecule has 9 nitrogen and oxygen atoms in total. The predicted octanol–water partition coefficient (Wildman–Crippen LogP) is 1.53. The molecule has 6 amide bonds. The molecule has 1 saturated carbocycles. The van der Waals surface area contributed by atoms with Crippen molar-refractivity contribution >= 4 is 23.9 Å². The second kappa shape index (κ2) is 9.66. The van der Waals surface area contributed by atoms with Crippen LogP contribution in [-0.4, -0.2) is 83.4 Å². The SMILES string of the molecule is CCN(CC)C(=O)N1CCC(C(=O)NCCCN2C(=O)NC3(CCCC3)C2=O)CC1. The number of hydrogen-bond acceptors (Lipinski definition) is 4. The number of urea groups is 2. The first kappa shape index (κ1) is 22.4. The van der Waals surface area contributed by atoms with Crippen LogP contribution in [0.5, 0.6) is 0 Å². The van der Waals surface area contributed by atoms with Gasteiger partial charge in [0.1, 0.15) is 5.54 Å². The van der Waals surface area contributed by atoms with E-state index in [4.69, 9.17) is 0 Å². The monoisotopic (exact) mass is 421 g/mol. The summed E-state index contributed by atoms with van der Waals surface area (Å²) in [5.41, 5.74) is -0.670. The largest absolute Gasteiger partial charge is 0.356 e. The Morgan fingerprint density at radius 3 is 2.37 bits per heavy atom. The molecular formula is C21H35N5O4. The van der Waals surface area contributed by atoms with Gasteiger partial charge in [-0.1, -0.05) is 12.8 Å². The molecule has 9 heteroatoms. The molecule has 0 radical (unpaired) electrons. The fraction of sp³-hybridized carbons (Fsp3) is 0.810. The van der Waals surface area contributed by atoms with Crippen molar-refractivity contribution in [1.29, 1.82) is 0 Å². The van der Waals surface area contributed by atoms with Gasteiger partial charge in [-0.3, -0.25) is 14.5 Å². The van der Waals surface area contributed by atoms with Gasteiger partial charge in [-0.15, -0.1) is 0 Å². The van der Waals surface area contributed by atoms with Crippen LogP contribution < -0.4 is 10.6 Å². The van der Waals surface area contributed by atoms with Gasteiger partial charge in [0.05, 0.1) is 0 Å². The first-order valence-electron chi connectivity index (χ1n) is 11.4. The maximum absolute atomic E-state index is 12.6. The summed E-state index contributed by atoms with van der Waals surface area (Å²) in [7, 11) is 0. The zero-order chi connectivity index (χ0) is 21.7. The molecule has 0 aromatic carbocycles. The maximum Gasteiger partial charge on any atom is 0.325 e. The van der Waals surface area contributed by atoms with Crippen molar-refractivity contribution in [1.82, 2.24) is 25.3 Å². The van der Waals surface area contributed by atoms with Gasteiger partial charge in [-0.25, -0.2) is 9.59 Å². The molecule has 0 atom stereocenters. The van der Waals surface area contributed by atoms with Gasteiger partial charge in [0, 0.05) is 45.2 Å². The summed E-state index contributed by atoms with van der Waals surface area (Å²) in [6, 6.07) is -0.258. The van der Waals surface area contributed by atoms with E-state index < -0.39 is 5.54 Å². The number of amides is 6. The smallest absolute Gasteiger partial charge is 0.325 e. The average Bonchev–Trinajstić information content (AvgIpc) is 3.31. The van der Waals surface area contributed by atoms with E-state index in [-0.39, 0.29) is 29.8 Å². The molecule has 3 aliphatic rings. The van der Waals surface area contributed by atoms with Crippen LogP contribution in [0.15, 0.2) is 0 Å². The number of hydrogen-bond donors (Lipinski definition) is 2. The van der Waals surface area contributed by atoms with Gasteiger partial charge in [0.25, 0.3) is 5.91 Å². The standard InChI is InChI=1S/C21H35N5O4/c1-3-24(4-2)20(30)25-14-8-16(9-15-25)17(27)22-12-7-13-26-18(28)21(23-19(26)29)10-5-6-11-21/h16H,3-15H2,1-2H3,(H,22,27)(H,23,29). The number of likely N-dealkylation sites (tertiary alicyclic amines) is 1. The second-order valence-electron chi connectivity index (χ2n) is 8.54. The first-order valence-corrected chi connectivity index (χ1v) is 11.4. The van der Waals surface area contributed by atoms with Gasteiger partial charge in [0.2, 0.25) is 5.91 Å². The normalized spacial score (nSPS) is 21.3. The van der Waals surface area contributed by atoms with E-state index in [9.17, 15) is 19.2 Å². The summed E-state index contributed by atoms with van der Waals surface area (Å²) in [5.74, 6) is -0.208. The highest BCUT2D eigenvalue weighted by molar-refractivity contribution is 6.07. The molecule has 3 fully saturated rings. The van der Waals surface area contributed by atoms with Crippen molar-refractivity contribution in [2.24, 2.45) is 5.92 Å². The summed E-state index contributed by atoms with van der Waals surface area (Å²) >= 11 is 0. The van der Waals surface area contributed by atoms with Gasteiger partial charge in [-0.2, -0.15) is 0 Å². The Morgan fingerprint density at radius 1 is 1.13 bits per heavy atom. The summed E-state index contributed by atoms with van der Waals surface area (Å²) in [4.78, 5) is 54.6. The van der Waals surface area contributed by atoms with E-state index in [1.807, 2.05) is 18.7 Å². The van der Waals surface area contributed by atoms with Gasteiger partial charge >= 0.3 is 12.1 Å². The summed E-state index contributed by atoms with van der Waals surface area (Å²) in [6.07, 6.45) is 5.24. The highest BCUT2D eigenvalue weighted by Gasteiger charge is 2.52. The van der Waals surface area contributed by atoms with Crippen molar-refractivity contribution in [2.45, 2.75) is 64.3 Å². The number of carbonyl (C=O) groups excluding carboxylic acids is 4. The molecule has 2 aliphatic heterocycles. The van der Waals surface area contributed by atoms with E-state index in [0.717, 1.165) is 25.7 Å². The molecule has 2 saturated heterocycles. The van der Waals surface area contributed by atoms with Crippen LogP contribution >= 0.6 is 0 Å². The lowest BCUT2D eigenvalue weighted by molar-refractivity contribution is -0.131. The molecule has 1 spiro atoms. The molecular weight excluding hydrogens is 386 g/mol. The van der Waals surface area contributed by atoms with Crippen LogP contribution in [0.25, 0.3) is 0 Å². The Morgan fingerprint density at radius 2 is 1.77 bits per heavy atom. The number of piperidine rings is 1. The van der Waals surface area contributed by atoms with Crippen LogP contribution in [0.1, 0.15) is 58.8 Å². The Balaban J connectivity index is 1.36. The van der Waals surface area contributed by atoms with Gasteiger partial charge < -0.3 is 20.4 Å². The minimum absolute atomic E-state index is 0.00518. The number of carbonyl (C=O) groups is 4. The molecule has 0 aromatic rings. The molecule has 2 heterocycles. The van der Waals surface area contributed by atoms with Gasteiger partial charge in [0.15, 0.2) is 0 Å². The lowest BCUT2D eigenvalue weighted by Crippen LogP contribution is -2.48. The predicted molar refractivity (Wildman–Crippen MR) is 112 cm³/mol. The van der Waals surface area contributed by atoms with Gasteiger partial charge in [-0.05, 0) is 46.0 Å². The second-order valence-corrected chi connectivity index (χ2v) is 8.54. The number of nitrogens with one attached hydrogen (secondary N) is 2. The third-order valence-corrected chi connectivity index (χ3v) is 6.73.